The van der Waals surface area contributed by atoms with E-state index in [1.807, 2.05) is 18.2 Å². The molecule has 1 amide bonds. The topological polar surface area (TPSA) is 57.8 Å². The van der Waals surface area contributed by atoms with Gasteiger partial charge in [-0.05, 0) is 30.2 Å². The number of rotatable bonds is 3. The van der Waals surface area contributed by atoms with Crippen LogP contribution in [0.1, 0.15) is 22.8 Å². The predicted octanol–water partition coefficient (Wildman–Crippen LogP) is 2.99. The monoisotopic (exact) mass is 293 g/mol. The molecule has 2 rings (SSSR count). The number of hydrogen-bond donors (Lipinski definition) is 2. The molecule has 0 bridgehead atoms. The van der Waals surface area contributed by atoms with Gasteiger partial charge >= 0.3 is 0 Å². The number of H-pyrrole nitrogens is 1. The van der Waals surface area contributed by atoms with E-state index in [1.165, 1.54) is 6.20 Å². The Bertz CT molecular complexity index is 523. The highest BCUT2D eigenvalue weighted by atomic mass is 79.9. The molecule has 0 atom stereocenters. The van der Waals surface area contributed by atoms with Crippen LogP contribution >= 0.6 is 15.9 Å². The normalized spacial score (nSPS) is 10.2. The highest BCUT2D eigenvalue weighted by Crippen LogP contribution is 2.22. The van der Waals surface area contributed by atoms with Gasteiger partial charge in [0.15, 0.2) is 0 Å². The molecule has 0 spiro atoms. The molecule has 0 aliphatic rings. The Morgan fingerprint density at radius 3 is 3.00 bits per heavy atom. The molecule has 0 saturated carbocycles. The fraction of sp³-hybridized carbons (Fsp3) is 0.167. The highest BCUT2D eigenvalue weighted by molar-refractivity contribution is 9.10. The maximum absolute atomic E-state index is 11.8. The van der Waals surface area contributed by atoms with Gasteiger partial charge in [-0.15, -0.1) is 0 Å². The molecule has 0 saturated heterocycles. The lowest BCUT2D eigenvalue weighted by molar-refractivity contribution is 0.102. The third-order valence-electron chi connectivity index (χ3n) is 2.46. The summed E-state index contributed by atoms with van der Waals surface area (Å²) in [7, 11) is 0. The highest BCUT2D eigenvalue weighted by Gasteiger charge is 2.09. The molecule has 4 nitrogen and oxygen atoms in total. The number of hydrogen-bond acceptors (Lipinski definition) is 2. The van der Waals surface area contributed by atoms with E-state index >= 15 is 0 Å². The number of carbonyl (C=O) groups excluding carboxylic acids is 1. The van der Waals surface area contributed by atoms with Gasteiger partial charge in [0.25, 0.3) is 5.91 Å². The van der Waals surface area contributed by atoms with Crippen LogP contribution in [0, 0.1) is 0 Å². The molecule has 1 aromatic heterocycles. The molecule has 0 aliphatic carbocycles. The van der Waals surface area contributed by atoms with Crippen LogP contribution in [0.15, 0.2) is 35.1 Å². The summed E-state index contributed by atoms with van der Waals surface area (Å²) in [5.74, 6) is -0.157. The maximum atomic E-state index is 11.8. The van der Waals surface area contributed by atoms with Crippen molar-refractivity contribution in [2.45, 2.75) is 13.3 Å². The van der Waals surface area contributed by atoms with Crippen molar-refractivity contribution < 1.29 is 4.79 Å². The van der Waals surface area contributed by atoms with Gasteiger partial charge in [-0.2, -0.15) is 5.10 Å². The molecule has 0 fully saturated rings. The van der Waals surface area contributed by atoms with Crippen molar-refractivity contribution in [3.8, 4) is 0 Å². The van der Waals surface area contributed by atoms with E-state index in [0.29, 0.717) is 5.56 Å². The van der Waals surface area contributed by atoms with Crippen LogP contribution in [0.2, 0.25) is 0 Å². The van der Waals surface area contributed by atoms with E-state index in [-0.39, 0.29) is 5.91 Å². The summed E-state index contributed by atoms with van der Waals surface area (Å²) in [5.41, 5.74) is 2.45. The third kappa shape index (κ3) is 2.74. The Labute approximate surface area is 108 Å². The van der Waals surface area contributed by atoms with E-state index in [9.17, 15) is 4.79 Å². The van der Waals surface area contributed by atoms with Crippen LogP contribution in [0.3, 0.4) is 0 Å². The second-order valence-electron chi connectivity index (χ2n) is 3.60. The van der Waals surface area contributed by atoms with Crippen molar-refractivity contribution >= 4 is 27.5 Å². The van der Waals surface area contributed by atoms with Gasteiger partial charge in [0.2, 0.25) is 0 Å². The maximum Gasteiger partial charge on any atom is 0.258 e. The number of anilines is 1. The van der Waals surface area contributed by atoms with E-state index in [2.05, 4.69) is 38.4 Å². The van der Waals surface area contributed by atoms with Gasteiger partial charge in [0.05, 0.1) is 11.8 Å². The van der Waals surface area contributed by atoms with Crippen LogP contribution in [0.5, 0.6) is 0 Å². The number of halogens is 1. The van der Waals surface area contributed by atoms with E-state index in [0.717, 1.165) is 22.1 Å². The van der Waals surface area contributed by atoms with Crippen molar-refractivity contribution in [2.24, 2.45) is 0 Å². The number of nitrogens with one attached hydrogen (secondary N) is 2. The zero-order valence-corrected chi connectivity index (χ0v) is 10.9. The Morgan fingerprint density at radius 2 is 2.35 bits per heavy atom. The number of carbonyl (C=O) groups is 1. The van der Waals surface area contributed by atoms with Crippen LogP contribution < -0.4 is 5.32 Å². The predicted molar refractivity (Wildman–Crippen MR) is 70.1 cm³/mol. The molecule has 0 aliphatic heterocycles. The number of benzene rings is 1. The van der Waals surface area contributed by atoms with Crippen molar-refractivity contribution in [1.82, 2.24) is 10.2 Å². The lowest BCUT2D eigenvalue weighted by Gasteiger charge is -2.09. The largest absolute Gasteiger partial charge is 0.322 e. The van der Waals surface area contributed by atoms with Crippen LogP contribution in [-0.4, -0.2) is 16.1 Å². The van der Waals surface area contributed by atoms with Gasteiger partial charge in [0.1, 0.15) is 0 Å². The summed E-state index contributed by atoms with van der Waals surface area (Å²) >= 11 is 3.41. The molecule has 1 heterocycles. The fourth-order valence-electron chi connectivity index (χ4n) is 1.55. The minimum Gasteiger partial charge on any atom is -0.322 e. The Hall–Kier alpha value is -1.62. The van der Waals surface area contributed by atoms with Crippen LogP contribution in [0.4, 0.5) is 5.69 Å². The molecule has 0 radical (unpaired) electrons. The summed E-state index contributed by atoms with van der Waals surface area (Å²) in [4.78, 5) is 11.8. The smallest absolute Gasteiger partial charge is 0.258 e. The lowest BCUT2D eigenvalue weighted by atomic mass is 10.1. The average Bonchev–Trinajstić information content (AvgIpc) is 2.85. The second kappa shape index (κ2) is 5.14. The average molecular weight is 294 g/mol. The standard InChI is InChI=1S/C12H12BrN3O/c1-2-8-5-10(13)3-4-11(8)16-12(17)9-6-14-15-7-9/h3-7H,2H2,1H3,(H,14,15)(H,16,17). The quantitative estimate of drug-likeness (QED) is 0.914. The summed E-state index contributed by atoms with van der Waals surface area (Å²) in [6, 6.07) is 5.80. The van der Waals surface area contributed by atoms with Gasteiger partial charge in [0, 0.05) is 16.4 Å². The number of nitrogens with zero attached hydrogens (tertiary/aromatic N) is 1. The number of aromatic amines is 1. The van der Waals surface area contributed by atoms with E-state index in [1.54, 1.807) is 6.20 Å². The van der Waals surface area contributed by atoms with Crippen LogP contribution in [-0.2, 0) is 6.42 Å². The van der Waals surface area contributed by atoms with Gasteiger partial charge in [-0.1, -0.05) is 22.9 Å². The zero-order chi connectivity index (χ0) is 12.3. The molecule has 1 aromatic carbocycles. The first kappa shape index (κ1) is 11.9. The molecular formula is C12H12BrN3O. The minimum absolute atomic E-state index is 0.157. The number of aromatic nitrogens is 2. The van der Waals surface area contributed by atoms with Crippen LogP contribution in [0.25, 0.3) is 0 Å². The summed E-state index contributed by atoms with van der Waals surface area (Å²) in [6.07, 6.45) is 3.93. The molecule has 88 valence electrons. The van der Waals surface area contributed by atoms with E-state index < -0.39 is 0 Å². The fourth-order valence-corrected chi connectivity index (χ4v) is 1.95. The Kier molecular flexibility index (Phi) is 3.58. The lowest BCUT2D eigenvalue weighted by Crippen LogP contribution is -2.12. The molecule has 2 N–H and O–H groups in total. The second-order valence-corrected chi connectivity index (χ2v) is 4.51. The molecule has 0 unspecified atom stereocenters. The zero-order valence-electron chi connectivity index (χ0n) is 9.33. The van der Waals surface area contributed by atoms with Crippen molar-refractivity contribution in [2.75, 3.05) is 5.32 Å². The van der Waals surface area contributed by atoms with Gasteiger partial charge in [-0.3, -0.25) is 9.89 Å². The van der Waals surface area contributed by atoms with E-state index in [4.69, 9.17) is 0 Å². The molecule has 5 heteroatoms. The first-order valence-electron chi connectivity index (χ1n) is 5.29. The summed E-state index contributed by atoms with van der Waals surface area (Å²) in [5, 5.41) is 9.24. The summed E-state index contributed by atoms with van der Waals surface area (Å²) in [6.45, 7) is 2.05. The third-order valence-corrected chi connectivity index (χ3v) is 2.95. The number of amides is 1. The van der Waals surface area contributed by atoms with Crippen molar-refractivity contribution in [1.29, 1.82) is 0 Å². The molecule has 2 aromatic rings. The first-order valence-corrected chi connectivity index (χ1v) is 6.08. The SMILES string of the molecule is CCc1cc(Br)ccc1NC(=O)c1cn[nH]c1. The molecule has 17 heavy (non-hydrogen) atoms. The Morgan fingerprint density at radius 1 is 1.53 bits per heavy atom. The summed E-state index contributed by atoms with van der Waals surface area (Å²) < 4.78 is 1.01. The van der Waals surface area contributed by atoms with Crippen molar-refractivity contribution in [3.63, 3.8) is 0 Å². The number of aryl methyl sites for hydroxylation is 1. The molecular weight excluding hydrogens is 282 g/mol. The minimum atomic E-state index is -0.157. The Balaban J connectivity index is 2.21. The van der Waals surface area contributed by atoms with Gasteiger partial charge < -0.3 is 5.32 Å². The van der Waals surface area contributed by atoms with Gasteiger partial charge in [-0.25, -0.2) is 0 Å². The first-order chi connectivity index (χ1) is 8.20. The van der Waals surface area contributed by atoms with Crippen molar-refractivity contribution in [3.05, 3.63) is 46.2 Å².